The smallest absolute Gasteiger partial charge is 0.269 e. The molecule has 2 aromatic rings. The SMILES string of the molecule is CN(C)CCCNc1nc(Nc2ccc([N+](=O)[O-])cc2)cc(C2CC2)n1. The molecule has 0 radical (unpaired) electrons. The van der Waals surface area contributed by atoms with Crippen LogP contribution in [0.15, 0.2) is 30.3 Å². The summed E-state index contributed by atoms with van der Waals surface area (Å²) in [6.07, 6.45) is 3.33. The normalized spacial score (nSPS) is 13.7. The van der Waals surface area contributed by atoms with Crippen LogP contribution in [0.2, 0.25) is 0 Å². The van der Waals surface area contributed by atoms with Crippen molar-refractivity contribution in [2.45, 2.75) is 25.2 Å². The van der Waals surface area contributed by atoms with Gasteiger partial charge in [-0.25, -0.2) is 4.98 Å². The van der Waals surface area contributed by atoms with Gasteiger partial charge in [0.25, 0.3) is 5.69 Å². The third-order valence-corrected chi connectivity index (χ3v) is 4.16. The number of nitrogens with zero attached hydrogens (tertiary/aromatic N) is 4. The minimum absolute atomic E-state index is 0.0696. The van der Waals surface area contributed by atoms with Gasteiger partial charge in [-0.1, -0.05) is 0 Å². The number of rotatable bonds is 9. The van der Waals surface area contributed by atoms with E-state index in [-0.39, 0.29) is 5.69 Å². The maximum atomic E-state index is 10.8. The van der Waals surface area contributed by atoms with Gasteiger partial charge >= 0.3 is 0 Å². The summed E-state index contributed by atoms with van der Waals surface area (Å²) in [4.78, 5) is 21.7. The number of nitro groups is 1. The quantitative estimate of drug-likeness (QED) is 0.404. The molecule has 1 saturated carbocycles. The van der Waals surface area contributed by atoms with Crippen LogP contribution in [0.4, 0.5) is 23.1 Å². The molecule has 0 unspecified atom stereocenters. The Hall–Kier alpha value is -2.74. The summed E-state index contributed by atoms with van der Waals surface area (Å²) >= 11 is 0. The second kappa shape index (κ2) is 8.09. The summed E-state index contributed by atoms with van der Waals surface area (Å²) in [6, 6.07) is 8.28. The van der Waals surface area contributed by atoms with E-state index in [0.29, 0.717) is 17.7 Å². The number of aromatic nitrogens is 2. The number of non-ortho nitro benzene ring substituents is 1. The molecule has 1 aromatic carbocycles. The molecule has 1 aliphatic carbocycles. The van der Waals surface area contributed by atoms with E-state index in [2.05, 4.69) is 39.6 Å². The Morgan fingerprint density at radius 1 is 1.23 bits per heavy atom. The molecule has 1 aliphatic rings. The summed E-state index contributed by atoms with van der Waals surface area (Å²) in [5.41, 5.74) is 1.87. The van der Waals surface area contributed by atoms with Crippen LogP contribution in [0.5, 0.6) is 0 Å². The van der Waals surface area contributed by atoms with Crippen LogP contribution in [-0.2, 0) is 0 Å². The Morgan fingerprint density at radius 3 is 2.58 bits per heavy atom. The van der Waals surface area contributed by atoms with Crippen molar-refractivity contribution in [1.29, 1.82) is 0 Å². The molecule has 0 amide bonds. The van der Waals surface area contributed by atoms with Gasteiger partial charge in [-0.05, 0) is 52.0 Å². The van der Waals surface area contributed by atoms with Crippen LogP contribution >= 0.6 is 0 Å². The number of hydrogen-bond acceptors (Lipinski definition) is 7. The molecule has 2 N–H and O–H groups in total. The second-order valence-electron chi connectivity index (χ2n) is 6.79. The summed E-state index contributed by atoms with van der Waals surface area (Å²) in [6.45, 7) is 1.81. The van der Waals surface area contributed by atoms with E-state index in [1.54, 1.807) is 12.1 Å². The molecular formula is C18H24N6O2. The van der Waals surface area contributed by atoms with Crippen molar-refractivity contribution in [2.24, 2.45) is 0 Å². The van der Waals surface area contributed by atoms with E-state index < -0.39 is 4.92 Å². The first kappa shape index (κ1) is 18.1. The summed E-state index contributed by atoms with van der Waals surface area (Å²) in [7, 11) is 4.10. The highest BCUT2D eigenvalue weighted by Gasteiger charge is 2.26. The molecule has 0 saturated heterocycles. The van der Waals surface area contributed by atoms with Gasteiger partial charge in [0.15, 0.2) is 0 Å². The Balaban J connectivity index is 1.70. The Bertz CT molecular complexity index is 759. The highest BCUT2D eigenvalue weighted by atomic mass is 16.6. The van der Waals surface area contributed by atoms with E-state index in [1.807, 2.05) is 6.07 Å². The molecular weight excluding hydrogens is 332 g/mol. The summed E-state index contributed by atoms with van der Waals surface area (Å²) in [5, 5.41) is 17.3. The molecule has 0 aliphatic heterocycles. The maximum Gasteiger partial charge on any atom is 0.269 e. The van der Waals surface area contributed by atoms with Gasteiger partial charge in [-0.3, -0.25) is 10.1 Å². The van der Waals surface area contributed by atoms with Gasteiger partial charge in [0.05, 0.1) is 10.6 Å². The van der Waals surface area contributed by atoms with Crippen molar-refractivity contribution >= 4 is 23.1 Å². The highest BCUT2D eigenvalue weighted by molar-refractivity contribution is 5.59. The fraction of sp³-hybridized carbons (Fsp3) is 0.444. The standard InChI is InChI=1S/C18H24N6O2/c1-23(2)11-3-10-19-18-21-16(13-4-5-13)12-17(22-18)20-14-6-8-15(9-7-14)24(25)26/h6-9,12-13H,3-5,10-11H2,1-2H3,(H2,19,20,21,22). The van der Waals surface area contributed by atoms with E-state index in [0.717, 1.165) is 43.7 Å². The maximum absolute atomic E-state index is 10.8. The fourth-order valence-electron chi connectivity index (χ4n) is 2.61. The predicted octanol–water partition coefficient (Wildman–Crippen LogP) is 3.37. The van der Waals surface area contributed by atoms with E-state index in [4.69, 9.17) is 0 Å². The number of nitro benzene ring substituents is 1. The summed E-state index contributed by atoms with van der Waals surface area (Å²) < 4.78 is 0. The number of hydrogen-bond donors (Lipinski definition) is 2. The molecule has 1 fully saturated rings. The first-order chi connectivity index (χ1) is 12.5. The number of benzene rings is 1. The van der Waals surface area contributed by atoms with E-state index >= 15 is 0 Å². The lowest BCUT2D eigenvalue weighted by Crippen LogP contribution is -2.17. The van der Waals surface area contributed by atoms with E-state index in [9.17, 15) is 10.1 Å². The van der Waals surface area contributed by atoms with Crippen LogP contribution in [0.3, 0.4) is 0 Å². The number of nitrogens with one attached hydrogen (secondary N) is 2. The van der Waals surface area contributed by atoms with Gasteiger partial charge in [-0.15, -0.1) is 0 Å². The third kappa shape index (κ3) is 5.13. The average molecular weight is 356 g/mol. The molecule has 0 spiro atoms. The van der Waals surface area contributed by atoms with Gasteiger partial charge in [0.2, 0.25) is 5.95 Å². The fourth-order valence-corrected chi connectivity index (χ4v) is 2.61. The molecule has 1 aromatic heterocycles. The predicted molar refractivity (Wildman–Crippen MR) is 102 cm³/mol. The third-order valence-electron chi connectivity index (χ3n) is 4.16. The molecule has 8 heteroatoms. The first-order valence-corrected chi connectivity index (χ1v) is 8.80. The Morgan fingerprint density at radius 2 is 1.96 bits per heavy atom. The lowest BCUT2D eigenvalue weighted by molar-refractivity contribution is -0.384. The molecule has 0 bridgehead atoms. The first-order valence-electron chi connectivity index (χ1n) is 8.80. The Labute approximate surface area is 152 Å². The molecule has 26 heavy (non-hydrogen) atoms. The van der Waals surface area contributed by atoms with Gasteiger partial charge in [-0.2, -0.15) is 4.98 Å². The van der Waals surface area contributed by atoms with Crippen LogP contribution in [0, 0.1) is 10.1 Å². The molecule has 1 heterocycles. The zero-order chi connectivity index (χ0) is 18.5. The van der Waals surface area contributed by atoms with Crippen molar-refractivity contribution in [3.8, 4) is 0 Å². The van der Waals surface area contributed by atoms with Gasteiger partial charge in [0, 0.05) is 36.3 Å². The Kier molecular flexibility index (Phi) is 5.62. The topological polar surface area (TPSA) is 96.2 Å². The highest BCUT2D eigenvalue weighted by Crippen LogP contribution is 2.40. The zero-order valence-electron chi connectivity index (χ0n) is 15.1. The lowest BCUT2D eigenvalue weighted by atomic mass is 10.2. The number of anilines is 3. The van der Waals surface area contributed by atoms with Gasteiger partial charge in [0.1, 0.15) is 5.82 Å². The van der Waals surface area contributed by atoms with Crippen molar-refractivity contribution < 1.29 is 4.92 Å². The lowest BCUT2D eigenvalue weighted by Gasteiger charge is -2.12. The van der Waals surface area contributed by atoms with Gasteiger partial charge < -0.3 is 15.5 Å². The van der Waals surface area contributed by atoms with Crippen molar-refractivity contribution in [1.82, 2.24) is 14.9 Å². The van der Waals surface area contributed by atoms with Crippen LogP contribution in [-0.4, -0.2) is 47.0 Å². The molecule has 138 valence electrons. The molecule has 0 atom stereocenters. The summed E-state index contributed by atoms with van der Waals surface area (Å²) in [5.74, 6) is 1.83. The minimum atomic E-state index is -0.407. The average Bonchev–Trinajstić information content (AvgIpc) is 3.44. The van der Waals surface area contributed by atoms with Crippen molar-refractivity contribution in [3.63, 3.8) is 0 Å². The minimum Gasteiger partial charge on any atom is -0.354 e. The zero-order valence-corrected chi connectivity index (χ0v) is 15.1. The van der Waals surface area contributed by atoms with Crippen LogP contribution in [0.1, 0.15) is 30.9 Å². The molecule has 8 nitrogen and oxygen atoms in total. The largest absolute Gasteiger partial charge is 0.354 e. The van der Waals surface area contributed by atoms with Crippen molar-refractivity contribution in [2.75, 3.05) is 37.8 Å². The van der Waals surface area contributed by atoms with E-state index in [1.165, 1.54) is 12.1 Å². The molecule has 3 rings (SSSR count). The second-order valence-corrected chi connectivity index (χ2v) is 6.79. The van der Waals surface area contributed by atoms with Crippen LogP contribution in [0.25, 0.3) is 0 Å². The van der Waals surface area contributed by atoms with Crippen molar-refractivity contribution in [3.05, 3.63) is 46.1 Å². The van der Waals surface area contributed by atoms with Crippen LogP contribution < -0.4 is 10.6 Å². The monoisotopic (exact) mass is 356 g/mol.